The van der Waals surface area contributed by atoms with Crippen LogP contribution in [-0.4, -0.2) is 24.5 Å². The molecule has 0 unspecified atom stereocenters. The molecule has 0 saturated carbocycles. The fourth-order valence-electron chi connectivity index (χ4n) is 0.951. The van der Waals surface area contributed by atoms with E-state index in [-0.39, 0.29) is 0 Å². The largest absolute Gasteiger partial charge is 0.301 e. The summed E-state index contributed by atoms with van der Waals surface area (Å²) in [5.41, 5.74) is 4.20. The van der Waals surface area contributed by atoms with Crippen LogP contribution in [0.4, 0.5) is 0 Å². The summed E-state index contributed by atoms with van der Waals surface area (Å²) >= 11 is 0. The van der Waals surface area contributed by atoms with E-state index < -0.39 is 0 Å². The van der Waals surface area contributed by atoms with E-state index in [0.717, 1.165) is 0 Å². The molecular weight excluding hydrogens is 122 g/mol. The van der Waals surface area contributed by atoms with Gasteiger partial charge >= 0.3 is 0 Å². The highest BCUT2D eigenvalue weighted by Crippen LogP contribution is 2.08. The molecule has 1 aliphatic rings. The van der Waals surface area contributed by atoms with Crippen molar-refractivity contribution in [2.75, 3.05) is 19.6 Å². The highest BCUT2D eigenvalue weighted by atomic mass is 15.2. The van der Waals surface area contributed by atoms with E-state index in [0.29, 0.717) is 0 Å². The van der Waals surface area contributed by atoms with Gasteiger partial charge in [0.05, 0.1) is 0 Å². The van der Waals surface area contributed by atoms with Crippen LogP contribution < -0.4 is 0 Å². The molecule has 1 aliphatic heterocycles. The van der Waals surface area contributed by atoms with Gasteiger partial charge in [-0.05, 0) is 31.9 Å². The first kappa shape index (κ1) is 7.59. The molecule has 0 bridgehead atoms. The predicted molar refractivity (Wildman–Crippen MR) is 44.0 cm³/mol. The van der Waals surface area contributed by atoms with Gasteiger partial charge in [-0.2, -0.15) is 0 Å². The fourth-order valence-corrected chi connectivity index (χ4v) is 0.951. The van der Waals surface area contributed by atoms with Crippen LogP contribution in [0.5, 0.6) is 0 Å². The first-order valence-corrected chi connectivity index (χ1v) is 3.91. The van der Waals surface area contributed by atoms with Gasteiger partial charge in [0.15, 0.2) is 0 Å². The average Bonchev–Trinajstić information content (AvgIpc) is 2.71. The minimum atomic E-state index is 1.17. The van der Waals surface area contributed by atoms with E-state index in [1.807, 2.05) is 0 Å². The molecule has 56 valence electrons. The highest BCUT2D eigenvalue weighted by Gasteiger charge is 2.15. The molecule has 0 aliphatic carbocycles. The quantitative estimate of drug-likeness (QED) is 0.422. The van der Waals surface area contributed by atoms with Crippen molar-refractivity contribution in [2.24, 2.45) is 0 Å². The van der Waals surface area contributed by atoms with Crippen molar-refractivity contribution in [1.82, 2.24) is 4.90 Å². The molecule has 0 N–H and O–H groups in total. The second-order valence-electron chi connectivity index (χ2n) is 2.90. The molecule has 0 aromatic carbocycles. The van der Waals surface area contributed by atoms with Gasteiger partial charge in [-0.1, -0.05) is 6.58 Å². The van der Waals surface area contributed by atoms with E-state index >= 15 is 0 Å². The zero-order chi connectivity index (χ0) is 7.40. The average molecular weight is 137 g/mol. The Morgan fingerprint density at radius 3 is 2.80 bits per heavy atom. The number of hydrogen-bond acceptors (Lipinski definition) is 1. The van der Waals surface area contributed by atoms with Crippen LogP contribution in [0.25, 0.3) is 0 Å². The van der Waals surface area contributed by atoms with E-state index in [4.69, 9.17) is 0 Å². The predicted octanol–water partition coefficient (Wildman–Crippen LogP) is 1.81. The third kappa shape index (κ3) is 2.86. The summed E-state index contributed by atoms with van der Waals surface area (Å²) in [5.74, 6) is 0. The van der Waals surface area contributed by atoms with E-state index in [1.165, 1.54) is 38.0 Å². The van der Waals surface area contributed by atoms with Crippen molar-refractivity contribution in [2.45, 2.75) is 19.8 Å². The molecule has 1 rings (SSSR count). The van der Waals surface area contributed by atoms with Crippen LogP contribution in [-0.2, 0) is 0 Å². The van der Waals surface area contributed by atoms with Gasteiger partial charge in [-0.3, -0.25) is 0 Å². The molecule has 0 aromatic rings. The molecule has 1 saturated heterocycles. The van der Waals surface area contributed by atoms with Crippen molar-refractivity contribution < 1.29 is 0 Å². The number of hydrogen-bond donors (Lipinski definition) is 0. The molecule has 0 amide bonds. The maximum Gasteiger partial charge on any atom is 0.0110 e. The highest BCUT2D eigenvalue weighted by molar-refractivity contribution is 4.94. The molecule has 10 heavy (non-hydrogen) atoms. The molecule has 0 spiro atoms. The molecule has 0 radical (unpaired) electrons. The first-order valence-electron chi connectivity index (χ1n) is 3.91. The molecule has 0 atom stereocenters. The van der Waals surface area contributed by atoms with Gasteiger partial charge in [0.25, 0.3) is 0 Å². The van der Waals surface area contributed by atoms with Gasteiger partial charge in [0.1, 0.15) is 0 Å². The van der Waals surface area contributed by atoms with Gasteiger partial charge in [0.2, 0.25) is 0 Å². The molecule has 1 nitrogen and oxygen atoms in total. The summed E-state index contributed by atoms with van der Waals surface area (Å²) in [6.45, 7) is 9.59. The van der Waals surface area contributed by atoms with E-state index in [9.17, 15) is 0 Å². The van der Waals surface area contributed by atoms with Gasteiger partial charge in [-0.15, -0.1) is 5.73 Å². The van der Waals surface area contributed by atoms with Crippen LogP contribution in [0.2, 0.25) is 0 Å². The van der Waals surface area contributed by atoms with Crippen LogP contribution >= 0.6 is 0 Å². The van der Waals surface area contributed by atoms with Crippen molar-refractivity contribution in [3.63, 3.8) is 0 Å². The number of rotatable bonds is 4. The van der Waals surface area contributed by atoms with Gasteiger partial charge < -0.3 is 4.90 Å². The topological polar surface area (TPSA) is 3.01 Å². The molecule has 0 aromatic heterocycles. The minimum Gasteiger partial charge on any atom is -0.301 e. The van der Waals surface area contributed by atoms with Crippen molar-refractivity contribution >= 4 is 0 Å². The molecule has 1 heteroatoms. The number of allylic oxidation sites excluding steroid dienone is 1. The van der Waals surface area contributed by atoms with Crippen molar-refractivity contribution in [3.8, 4) is 0 Å². The second kappa shape index (κ2) is 3.60. The maximum atomic E-state index is 3.60. The summed E-state index contributed by atoms with van der Waals surface area (Å²) in [6.07, 6.45) is 2.44. The Hall–Kier alpha value is -0.520. The summed E-state index contributed by atoms with van der Waals surface area (Å²) in [5, 5.41) is 0. The number of nitrogens with zero attached hydrogens (tertiary/aromatic N) is 1. The lowest BCUT2D eigenvalue weighted by Crippen LogP contribution is -1.98. The summed E-state index contributed by atoms with van der Waals surface area (Å²) < 4.78 is 0. The van der Waals surface area contributed by atoms with E-state index in [2.05, 4.69) is 24.1 Å². The van der Waals surface area contributed by atoms with Crippen LogP contribution in [0, 0.1) is 0 Å². The van der Waals surface area contributed by atoms with Crippen LogP contribution in [0.15, 0.2) is 17.9 Å². The SMILES string of the molecule is C=C=C(C)CCCN1CC1. The lowest BCUT2D eigenvalue weighted by molar-refractivity contribution is 0.534. The summed E-state index contributed by atoms with van der Waals surface area (Å²) in [6, 6.07) is 0. The third-order valence-corrected chi connectivity index (χ3v) is 1.87. The first-order chi connectivity index (χ1) is 4.83. The van der Waals surface area contributed by atoms with Gasteiger partial charge in [0, 0.05) is 13.1 Å². The Labute approximate surface area is 63.0 Å². The Kier molecular flexibility index (Phi) is 2.73. The molecule has 1 heterocycles. The maximum absolute atomic E-state index is 3.60. The standard InChI is InChI=1S/C9H15N/c1-3-9(2)5-4-6-10-7-8-10/h1,4-8H2,2H3. The van der Waals surface area contributed by atoms with Crippen molar-refractivity contribution in [3.05, 3.63) is 17.9 Å². The smallest absolute Gasteiger partial charge is 0.0110 e. The Balaban J connectivity index is 1.98. The van der Waals surface area contributed by atoms with Gasteiger partial charge in [-0.25, -0.2) is 0 Å². The lowest BCUT2D eigenvalue weighted by Gasteiger charge is -1.98. The lowest BCUT2D eigenvalue weighted by atomic mass is 10.2. The van der Waals surface area contributed by atoms with E-state index in [1.54, 1.807) is 0 Å². The third-order valence-electron chi connectivity index (χ3n) is 1.87. The monoisotopic (exact) mass is 137 g/mol. The zero-order valence-electron chi connectivity index (χ0n) is 6.69. The van der Waals surface area contributed by atoms with Crippen LogP contribution in [0.1, 0.15) is 19.8 Å². The molecule has 1 fully saturated rings. The molecular formula is C9H15N. The summed E-state index contributed by atoms with van der Waals surface area (Å²) in [4.78, 5) is 2.44. The fraction of sp³-hybridized carbons (Fsp3) is 0.667. The van der Waals surface area contributed by atoms with Crippen molar-refractivity contribution in [1.29, 1.82) is 0 Å². The minimum absolute atomic E-state index is 1.17. The second-order valence-corrected chi connectivity index (χ2v) is 2.90. The van der Waals surface area contributed by atoms with Crippen LogP contribution in [0.3, 0.4) is 0 Å². The normalized spacial score (nSPS) is 16.5. The Bertz CT molecular complexity index is 150. The summed E-state index contributed by atoms with van der Waals surface area (Å²) in [7, 11) is 0. The zero-order valence-corrected chi connectivity index (χ0v) is 6.69. The Morgan fingerprint density at radius 2 is 2.30 bits per heavy atom. The Morgan fingerprint density at radius 1 is 1.60 bits per heavy atom.